The highest BCUT2D eigenvalue weighted by Gasteiger charge is 1.84. The highest BCUT2D eigenvalue weighted by molar-refractivity contribution is 5.04. The van der Waals surface area contributed by atoms with E-state index in [4.69, 9.17) is 0 Å². The lowest BCUT2D eigenvalue weighted by atomic mass is 10.1. The third-order valence-electron chi connectivity index (χ3n) is 1.89. The minimum absolute atomic E-state index is 1.14. The summed E-state index contributed by atoms with van der Waals surface area (Å²) in [5.41, 5.74) is 0. The van der Waals surface area contributed by atoms with Crippen molar-refractivity contribution in [2.45, 2.75) is 32.1 Å². The molecule has 0 aromatic heterocycles. The number of rotatable bonds is 0. The zero-order chi connectivity index (χ0) is 8.49. The first-order valence-corrected chi connectivity index (χ1v) is 4.78. The molecule has 0 saturated carbocycles. The molecule has 0 amide bonds. The monoisotopic (exact) mass is 161 g/mol. The summed E-state index contributed by atoms with van der Waals surface area (Å²) >= 11 is 0. The Hall–Kier alpha value is -0.780. The molecular weight excluding hydrogens is 144 g/mol. The van der Waals surface area contributed by atoms with Crippen LogP contribution in [0.25, 0.3) is 0 Å². The van der Waals surface area contributed by atoms with Gasteiger partial charge in [-0.25, -0.2) is 0 Å². The minimum Gasteiger partial charge on any atom is -0.0882 e. The lowest BCUT2D eigenvalue weighted by Gasteiger charge is -1.93. The van der Waals surface area contributed by atoms with Crippen LogP contribution in [0, 0.1) is 6.42 Å². The first kappa shape index (κ1) is 9.31. The molecule has 0 aromatic rings. The van der Waals surface area contributed by atoms with E-state index in [0.717, 1.165) is 6.42 Å². The van der Waals surface area contributed by atoms with Crippen LogP contribution in [0.1, 0.15) is 32.1 Å². The minimum atomic E-state index is 1.14. The fraction of sp³-hybridized carbons (Fsp3) is 0.417. The summed E-state index contributed by atoms with van der Waals surface area (Å²) in [6, 6.07) is 0. The van der Waals surface area contributed by atoms with E-state index in [1.807, 2.05) is 0 Å². The zero-order valence-corrected chi connectivity index (χ0v) is 7.58. The lowest BCUT2D eigenvalue weighted by molar-refractivity contribution is 0.926. The molecule has 0 saturated heterocycles. The Labute approximate surface area is 75.7 Å². The van der Waals surface area contributed by atoms with E-state index >= 15 is 0 Å². The third-order valence-corrected chi connectivity index (χ3v) is 1.89. The molecule has 0 aliphatic heterocycles. The molecule has 0 spiro atoms. The molecule has 0 fully saturated rings. The van der Waals surface area contributed by atoms with Crippen LogP contribution >= 0.6 is 0 Å². The fourth-order valence-corrected chi connectivity index (χ4v) is 1.18. The van der Waals surface area contributed by atoms with Gasteiger partial charge in [0.2, 0.25) is 0 Å². The van der Waals surface area contributed by atoms with Crippen molar-refractivity contribution in [2.75, 3.05) is 0 Å². The van der Waals surface area contributed by atoms with Crippen molar-refractivity contribution in [2.24, 2.45) is 0 Å². The molecular formula is C12H17. The van der Waals surface area contributed by atoms with E-state index in [0.29, 0.717) is 0 Å². The second kappa shape index (κ2) is 6.90. The SMILES string of the molecule is [CH]1CC=CCCC=CC=CCC1. The maximum atomic E-state index is 2.34. The van der Waals surface area contributed by atoms with Gasteiger partial charge in [-0.05, 0) is 38.5 Å². The lowest BCUT2D eigenvalue weighted by Crippen LogP contribution is -1.75. The number of hydrogen-bond acceptors (Lipinski definition) is 0. The van der Waals surface area contributed by atoms with Crippen molar-refractivity contribution < 1.29 is 0 Å². The van der Waals surface area contributed by atoms with E-state index in [1.165, 1.54) is 25.7 Å². The largest absolute Gasteiger partial charge is 0.0882 e. The maximum absolute atomic E-state index is 2.34. The van der Waals surface area contributed by atoms with Gasteiger partial charge in [0, 0.05) is 0 Å². The van der Waals surface area contributed by atoms with Gasteiger partial charge < -0.3 is 0 Å². The summed E-state index contributed by atoms with van der Waals surface area (Å²) in [7, 11) is 0. The smallest absolute Gasteiger partial charge is 0.0313 e. The summed E-state index contributed by atoms with van der Waals surface area (Å²) in [6.45, 7) is 0. The van der Waals surface area contributed by atoms with E-state index in [-0.39, 0.29) is 0 Å². The van der Waals surface area contributed by atoms with E-state index < -0.39 is 0 Å². The van der Waals surface area contributed by atoms with E-state index in [9.17, 15) is 0 Å². The number of allylic oxidation sites excluding steroid dienone is 6. The highest BCUT2D eigenvalue weighted by Crippen LogP contribution is 2.03. The highest BCUT2D eigenvalue weighted by atomic mass is 13.9. The molecule has 0 N–H and O–H groups in total. The van der Waals surface area contributed by atoms with Crippen LogP contribution in [0.15, 0.2) is 36.5 Å². The summed E-state index contributed by atoms with van der Waals surface area (Å²) in [4.78, 5) is 0. The van der Waals surface area contributed by atoms with Crippen molar-refractivity contribution >= 4 is 0 Å². The van der Waals surface area contributed by atoms with Crippen LogP contribution in [-0.4, -0.2) is 0 Å². The predicted molar refractivity (Wildman–Crippen MR) is 54.8 cm³/mol. The molecule has 65 valence electrons. The van der Waals surface area contributed by atoms with E-state index in [1.54, 1.807) is 0 Å². The molecule has 0 bridgehead atoms. The Morgan fingerprint density at radius 2 is 1.25 bits per heavy atom. The molecule has 1 rings (SSSR count). The molecule has 0 aromatic carbocycles. The van der Waals surface area contributed by atoms with Gasteiger partial charge in [-0.1, -0.05) is 36.5 Å². The Kier molecular flexibility index (Phi) is 5.35. The average Bonchev–Trinajstić information content (AvgIpc) is 2.05. The van der Waals surface area contributed by atoms with Gasteiger partial charge in [-0.3, -0.25) is 0 Å². The van der Waals surface area contributed by atoms with Gasteiger partial charge in [0.1, 0.15) is 0 Å². The summed E-state index contributed by atoms with van der Waals surface area (Å²) in [5, 5.41) is 0. The van der Waals surface area contributed by atoms with Gasteiger partial charge in [0.15, 0.2) is 0 Å². The van der Waals surface area contributed by atoms with Gasteiger partial charge in [-0.15, -0.1) is 0 Å². The van der Waals surface area contributed by atoms with Gasteiger partial charge in [-0.2, -0.15) is 0 Å². The summed E-state index contributed by atoms with van der Waals surface area (Å²) < 4.78 is 0. The van der Waals surface area contributed by atoms with Crippen LogP contribution in [-0.2, 0) is 0 Å². The molecule has 12 heavy (non-hydrogen) atoms. The fourth-order valence-electron chi connectivity index (χ4n) is 1.18. The standard InChI is InChI=1S/C12H17/c1-2-4-6-8-10-12-11-9-7-5-3-1/h1-4,9-11H,5-8,12H2. The summed E-state index contributed by atoms with van der Waals surface area (Å²) in [6.07, 6.45) is 21.5. The molecule has 0 heteroatoms. The third kappa shape index (κ3) is 4.95. The van der Waals surface area contributed by atoms with Crippen LogP contribution < -0.4 is 0 Å². The molecule has 0 atom stereocenters. The first-order valence-electron chi connectivity index (χ1n) is 4.78. The second-order valence-electron chi connectivity index (χ2n) is 3.01. The molecule has 0 nitrogen and oxygen atoms in total. The van der Waals surface area contributed by atoms with Crippen molar-refractivity contribution in [3.63, 3.8) is 0 Å². The Morgan fingerprint density at radius 1 is 0.583 bits per heavy atom. The molecule has 0 heterocycles. The molecule has 0 unspecified atom stereocenters. The van der Waals surface area contributed by atoms with Crippen molar-refractivity contribution in [3.8, 4) is 0 Å². The van der Waals surface area contributed by atoms with Crippen LogP contribution in [0.4, 0.5) is 0 Å². The van der Waals surface area contributed by atoms with Crippen molar-refractivity contribution in [1.29, 1.82) is 0 Å². The van der Waals surface area contributed by atoms with Crippen molar-refractivity contribution in [3.05, 3.63) is 42.9 Å². The zero-order valence-electron chi connectivity index (χ0n) is 7.58. The Bertz CT molecular complexity index is 172. The topological polar surface area (TPSA) is 0 Å². The second-order valence-corrected chi connectivity index (χ2v) is 3.01. The normalized spacial score (nSPS) is 20.0. The molecule has 1 radical (unpaired) electrons. The molecule has 1 aliphatic rings. The van der Waals surface area contributed by atoms with Crippen LogP contribution in [0.5, 0.6) is 0 Å². The van der Waals surface area contributed by atoms with Gasteiger partial charge in [0.05, 0.1) is 0 Å². The van der Waals surface area contributed by atoms with E-state index in [2.05, 4.69) is 42.9 Å². The number of hydrogen-bond donors (Lipinski definition) is 0. The van der Waals surface area contributed by atoms with Crippen LogP contribution in [0.3, 0.4) is 0 Å². The molecule has 1 aliphatic carbocycles. The van der Waals surface area contributed by atoms with Gasteiger partial charge >= 0.3 is 0 Å². The van der Waals surface area contributed by atoms with Gasteiger partial charge in [0.25, 0.3) is 0 Å². The first-order chi connectivity index (χ1) is 6.00. The maximum Gasteiger partial charge on any atom is -0.0313 e. The average molecular weight is 161 g/mol. The van der Waals surface area contributed by atoms with Crippen molar-refractivity contribution in [1.82, 2.24) is 0 Å². The predicted octanol–water partition coefficient (Wildman–Crippen LogP) is 3.82. The Morgan fingerprint density at radius 3 is 2.08 bits per heavy atom. The van der Waals surface area contributed by atoms with Crippen LogP contribution in [0.2, 0.25) is 0 Å². The summed E-state index contributed by atoms with van der Waals surface area (Å²) in [5.74, 6) is 0. The quantitative estimate of drug-likeness (QED) is 0.474. The Balaban J connectivity index is 2.31.